The van der Waals surface area contributed by atoms with E-state index in [1.54, 1.807) is 24.5 Å². The van der Waals surface area contributed by atoms with Crippen LogP contribution in [0.3, 0.4) is 0 Å². The molecule has 0 amide bonds. The highest BCUT2D eigenvalue weighted by Crippen LogP contribution is 2.25. The van der Waals surface area contributed by atoms with E-state index < -0.39 is 0 Å². The average molecular weight is 385 g/mol. The Bertz CT molecular complexity index is 915. The second kappa shape index (κ2) is 8.52. The van der Waals surface area contributed by atoms with Crippen LogP contribution in [0, 0.1) is 19.8 Å². The summed E-state index contributed by atoms with van der Waals surface area (Å²) in [5.74, 6) is 1.41. The maximum atomic E-state index is 12.7. The van der Waals surface area contributed by atoms with Crippen LogP contribution in [0.4, 0.5) is 0 Å². The van der Waals surface area contributed by atoms with E-state index >= 15 is 0 Å². The first-order valence-electron chi connectivity index (χ1n) is 9.02. The summed E-state index contributed by atoms with van der Waals surface area (Å²) in [5, 5.41) is 8.45. The number of Topliss-reactive ketones (excluding diaryl/α,β-unsaturated/α-hetero) is 1. The van der Waals surface area contributed by atoms with E-state index in [4.69, 9.17) is 4.42 Å². The Hall–Kier alpha value is -2.41. The standard InChI is InChI=1S/C20H24N4O2S/c1-13(2)7-10-24-14(3)11-17(15(24)4)18(25)12-27-20-23-22-19(26-20)16-5-8-21-9-6-16/h5-6,8-9,11,13H,7,10,12H2,1-4H3. The number of thioether (sulfide) groups is 1. The maximum Gasteiger partial charge on any atom is 0.277 e. The molecule has 142 valence electrons. The van der Waals surface area contributed by atoms with Gasteiger partial charge in [0.2, 0.25) is 5.89 Å². The number of aryl methyl sites for hydroxylation is 1. The minimum Gasteiger partial charge on any atom is -0.411 e. The summed E-state index contributed by atoms with van der Waals surface area (Å²) in [5.41, 5.74) is 3.74. The molecule has 0 saturated heterocycles. The summed E-state index contributed by atoms with van der Waals surface area (Å²) in [6, 6.07) is 5.59. The highest BCUT2D eigenvalue weighted by atomic mass is 32.2. The molecule has 3 heterocycles. The smallest absolute Gasteiger partial charge is 0.277 e. The molecule has 3 rings (SSSR count). The molecule has 0 N–H and O–H groups in total. The fourth-order valence-corrected chi connectivity index (χ4v) is 3.55. The molecule has 0 atom stereocenters. The molecule has 0 spiro atoms. The predicted molar refractivity (Wildman–Crippen MR) is 106 cm³/mol. The number of hydrogen-bond donors (Lipinski definition) is 0. The molecule has 27 heavy (non-hydrogen) atoms. The summed E-state index contributed by atoms with van der Waals surface area (Å²) >= 11 is 1.27. The van der Waals surface area contributed by atoms with Crippen molar-refractivity contribution in [2.45, 2.75) is 45.9 Å². The maximum absolute atomic E-state index is 12.7. The Morgan fingerprint density at radius 2 is 1.96 bits per heavy atom. The molecular formula is C20H24N4O2S. The Balaban J connectivity index is 1.65. The third-order valence-corrected chi connectivity index (χ3v) is 5.28. The molecule has 6 nitrogen and oxygen atoms in total. The normalized spacial score (nSPS) is 11.3. The SMILES string of the molecule is Cc1cc(C(=O)CSc2nnc(-c3ccncc3)o2)c(C)n1CCC(C)C. The van der Waals surface area contributed by atoms with Crippen LogP contribution in [0.2, 0.25) is 0 Å². The van der Waals surface area contributed by atoms with E-state index in [9.17, 15) is 4.79 Å². The van der Waals surface area contributed by atoms with Gasteiger partial charge in [0.1, 0.15) is 0 Å². The van der Waals surface area contributed by atoms with Crippen molar-refractivity contribution in [1.29, 1.82) is 0 Å². The van der Waals surface area contributed by atoms with E-state index in [0.29, 0.717) is 17.0 Å². The van der Waals surface area contributed by atoms with Crippen molar-refractivity contribution in [2.75, 3.05) is 5.75 Å². The van der Waals surface area contributed by atoms with Gasteiger partial charge in [-0.2, -0.15) is 0 Å². The highest BCUT2D eigenvalue weighted by molar-refractivity contribution is 7.99. The molecule has 0 radical (unpaired) electrons. The van der Waals surface area contributed by atoms with Crippen LogP contribution in [0.1, 0.15) is 42.0 Å². The van der Waals surface area contributed by atoms with Crippen LogP contribution in [0.15, 0.2) is 40.2 Å². The molecule has 0 bridgehead atoms. The number of carbonyl (C=O) groups is 1. The van der Waals surface area contributed by atoms with Gasteiger partial charge in [-0.25, -0.2) is 0 Å². The first-order valence-corrected chi connectivity index (χ1v) is 10.0. The predicted octanol–water partition coefficient (Wildman–Crippen LogP) is 4.57. The van der Waals surface area contributed by atoms with Gasteiger partial charge in [0.25, 0.3) is 5.22 Å². The second-order valence-corrected chi connectivity index (χ2v) is 7.87. The number of nitrogens with zero attached hydrogens (tertiary/aromatic N) is 4. The fraction of sp³-hybridized carbons (Fsp3) is 0.400. The van der Waals surface area contributed by atoms with Crippen molar-refractivity contribution in [3.63, 3.8) is 0 Å². The van der Waals surface area contributed by atoms with Crippen LogP contribution < -0.4 is 0 Å². The lowest BCUT2D eigenvalue weighted by atomic mass is 10.1. The molecule has 0 aliphatic carbocycles. The Morgan fingerprint density at radius 1 is 1.22 bits per heavy atom. The van der Waals surface area contributed by atoms with Gasteiger partial charge in [-0.05, 0) is 44.4 Å². The largest absolute Gasteiger partial charge is 0.411 e. The van der Waals surface area contributed by atoms with Crippen molar-refractivity contribution in [2.24, 2.45) is 5.92 Å². The molecular weight excluding hydrogens is 360 g/mol. The van der Waals surface area contributed by atoms with E-state index in [1.165, 1.54) is 11.8 Å². The van der Waals surface area contributed by atoms with Crippen LogP contribution in [-0.2, 0) is 6.54 Å². The minimum absolute atomic E-state index is 0.0764. The lowest BCUT2D eigenvalue weighted by molar-refractivity contribution is 0.102. The Morgan fingerprint density at radius 3 is 2.67 bits per heavy atom. The zero-order valence-electron chi connectivity index (χ0n) is 16.1. The van der Waals surface area contributed by atoms with E-state index in [-0.39, 0.29) is 11.5 Å². The molecule has 0 saturated carbocycles. The number of rotatable bonds is 8. The lowest BCUT2D eigenvalue weighted by Gasteiger charge is -2.11. The van der Waals surface area contributed by atoms with Crippen molar-refractivity contribution in [1.82, 2.24) is 19.7 Å². The molecule has 3 aromatic rings. The van der Waals surface area contributed by atoms with Gasteiger partial charge in [-0.1, -0.05) is 25.6 Å². The molecule has 0 aromatic carbocycles. The van der Waals surface area contributed by atoms with Crippen molar-refractivity contribution < 1.29 is 9.21 Å². The zero-order valence-corrected chi connectivity index (χ0v) is 16.9. The van der Waals surface area contributed by atoms with Crippen molar-refractivity contribution >= 4 is 17.5 Å². The summed E-state index contributed by atoms with van der Waals surface area (Å²) in [6.07, 6.45) is 4.44. The molecule has 3 aromatic heterocycles. The number of carbonyl (C=O) groups excluding carboxylic acids is 1. The number of pyridine rings is 1. The van der Waals surface area contributed by atoms with E-state index in [0.717, 1.165) is 35.5 Å². The number of ketones is 1. The monoisotopic (exact) mass is 384 g/mol. The third kappa shape index (κ3) is 4.66. The van der Waals surface area contributed by atoms with Crippen molar-refractivity contribution in [3.8, 4) is 11.5 Å². The van der Waals surface area contributed by atoms with Gasteiger partial charge in [-0.3, -0.25) is 9.78 Å². The number of hydrogen-bond acceptors (Lipinski definition) is 6. The lowest BCUT2D eigenvalue weighted by Crippen LogP contribution is -2.08. The molecule has 0 fully saturated rings. The summed E-state index contributed by atoms with van der Waals surface area (Å²) in [4.78, 5) is 16.7. The van der Waals surface area contributed by atoms with Crippen molar-refractivity contribution in [3.05, 3.63) is 47.5 Å². The van der Waals surface area contributed by atoms with Gasteiger partial charge < -0.3 is 8.98 Å². The number of aromatic nitrogens is 4. The third-order valence-electron chi connectivity index (χ3n) is 4.46. The molecule has 0 aliphatic rings. The molecule has 0 aliphatic heterocycles. The fourth-order valence-electron chi connectivity index (χ4n) is 2.90. The minimum atomic E-state index is 0.0764. The van der Waals surface area contributed by atoms with Gasteiger partial charge in [0.15, 0.2) is 5.78 Å². The molecule has 0 unspecified atom stereocenters. The highest BCUT2D eigenvalue weighted by Gasteiger charge is 2.17. The van der Waals surface area contributed by atoms with Gasteiger partial charge in [-0.15, -0.1) is 10.2 Å². The van der Waals surface area contributed by atoms with Crippen LogP contribution in [0.25, 0.3) is 11.5 Å². The van der Waals surface area contributed by atoms with E-state index in [2.05, 4.69) is 40.5 Å². The van der Waals surface area contributed by atoms with E-state index in [1.807, 2.05) is 13.0 Å². The van der Waals surface area contributed by atoms with Crippen LogP contribution >= 0.6 is 11.8 Å². The second-order valence-electron chi connectivity index (χ2n) is 6.94. The van der Waals surface area contributed by atoms with Gasteiger partial charge in [0.05, 0.1) is 5.75 Å². The van der Waals surface area contributed by atoms with Gasteiger partial charge >= 0.3 is 0 Å². The average Bonchev–Trinajstić information content (AvgIpc) is 3.24. The summed E-state index contributed by atoms with van der Waals surface area (Å²) in [7, 11) is 0. The topological polar surface area (TPSA) is 73.8 Å². The summed E-state index contributed by atoms with van der Waals surface area (Å²) < 4.78 is 7.86. The zero-order chi connectivity index (χ0) is 19.4. The van der Waals surface area contributed by atoms with Crippen LogP contribution in [0.5, 0.6) is 0 Å². The first-order chi connectivity index (χ1) is 13.0. The summed E-state index contributed by atoms with van der Waals surface area (Å²) in [6.45, 7) is 9.42. The first kappa shape index (κ1) is 19.4. The Kier molecular flexibility index (Phi) is 6.11. The van der Waals surface area contributed by atoms with Gasteiger partial charge in [0, 0.05) is 41.5 Å². The quantitative estimate of drug-likeness (QED) is 0.418. The van der Waals surface area contributed by atoms with Crippen LogP contribution in [-0.4, -0.2) is 31.3 Å². The Labute approximate surface area is 163 Å². The molecule has 7 heteroatoms.